The van der Waals surface area contributed by atoms with Gasteiger partial charge in [-0.05, 0) is 44.6 Å². The van der Waals surface area contributed by atoms with Gasteiger partial charge in [0.1, 0.15) is 5.82 Å². The number of amides is 1. The maximum atomic E-state index is 12.5. The van der Waals surface area contributed by atoms with Crippen LogP contribution in [-0.2, 0) is 4.79 Å². The van der Waals surface area contributed by atoms with Crippen molar-refractivity contribution < 1.29 is 4.79 Å². The monoisotopic (exact) mass is 394 g/mol. The molecule has 0 spiro atoms. The van der Waals surface area contributed by atoms with Crippen LogP contribution in [0.25, 0.3) is 10.9 Å². The van der Waals surface area contributed by atoms with Crippen molar-refractivity contribution in [3.8, 4) is 0 Å². The standard InChI is InChI=1S/C24H34N4O/c1-28(2)22-16-23(27-21-11-7-6-10-20(21)22)25-18-12-14-19(15-13-18)26-24(29)17-8-4-3-5-9-17/h6-7,10-11,16-19H,3-5,8-9,12-15H2,1-2H3,(H,25,27)(H,26,29). The summed E-state index contributed by atoms with van der Waals surface area (Å²) in [6, 6.07) is 11.2. The summed E-state index contributed by atoms with van der Waals surface area (Å²) in [5, 5.41) is 8.17. The molecule has 1 aromatic heterocycles. The Hall–Kier alpha value is -2.30. The minimum Gasteiger partial charge on any atom is -0.377 e. The molecule has 2 aromatic rings. The van der Waals surface area contributed by atoms with E-state index in [4.69, 9.17) is 4.98 Å². The molecule has 1 amide bonds. The van der Waals surface area contributed by atoms with E-state index in [2.05, 4.69) is 53.9 Å². The van der Waals surface area contributed by atoms with E-state index in [-0.39, 0.29) is 5.92 Å². The first-order valence-corrected chi connectivity index (χ1v) is 11.2. The molecule has 0 bridgehead atoms. The first-order valence-electron chi connectivity index (χ1n) is 11.2. The topological polar surface area (TPSA) is 57.3 Å². The molecule has 0 atom stereocenters. The molecule has 29 heavy (non-hydrogen) atoms. The number of aromatic nitrogens is 1. The average molecular weight is 395 g/mol. The van der Waals surface area contributed by atoms with Crippen molar-refractivity contribution in [1.29, 1.82) is 0 Å². The molecule has 4 rings (SSSR count). The molecule has 5 heteroatoms. The predicted molar refractivity (Wildman–Crippen MR) is 120 cm³/mol. The Morgan fingerprint density at radius 2 is 1.66 bits per heavy atom. The highest BCUT2D eigenvalue weighted by Crippen LogP contribution is 2.30. The number of carbonyl (C=O) groups excluding carboxylic acids is 1. The normalized spacial score (nSPS) is 23.0. The fourth-order valence-electron chi connectivity index (χ4n) is 4.88. The molecule has 2 N–H and O–H groups in total. The maximum Gasteiger partial charge on any atom is 0.223 e. The Labute approximate surface area is 174 Å². The molecule has 0 radical (unpaired) electrons. The molecular weight excluding hydrogens is 360 g/mol. The summed E-state index contributed by atoms with van der Waals surface area (Å²) in [5.74, 6) is 1.50. The maximum absolute atomic E-state index is 12.5. The van der Waals surface area contributed by atoms with Gasteiger partial charge in [-0.25, -0.2) is 4.98 Å². The van der Waals surface area contributed by atoms with E-state index in [0.717, 1.165) is 49.9 Å². The van der Waals surface area contributed by atoms with Gasteiger partial charge in [0.05, 0.1) is 5.52 Å². The first kappa shape index (κ1) is 20.0. The third-order valence-electron chi connectivity index (χ3n) is 6.58. The number of nitrogens with one attached hydrogen (secondary N) is 2. The number of hydrogen-bond donors (Lipinski definition) is 2. The van der Waals surface area contributed by atoms with Crippen molar-refractivity contribution in [1.82, 2.24) is 10.3 Å². The van der Waals surface area contributed by atoms with Crippen LogP contribution in [0.4, 0.5) is 11.5 Å². The van der Waals surface area contributed by atoms with Gasteiger partial charge in [0.25, 0.3) is 0 Å². The van der Waals surface area contributed by atoms with E-state index in [0.29, 0.717) is 18.0 Å². The third kappa shape index (κ3) is 4.82. The molecule has 1 heterocycles. The summed E-state index contributed by atoms with van der Waals surface area (Å²) in [4.78, 5) is 19.5. The Kier molecular flexibility index (Phi) is 6.22. The molecule has 2 aliphatic carbocycles. The molecule has 0 saturated heterocycles. The second kappa shape index (κ2) is 9.02. The SMILES string of the molecule is CN(C)c1cc(NC2CCC(NC(=O)C3CCCCC3)CC2)nc2ccccc12. The number of rotatable bonds is 5. The Balaban J connectivity index is 1.34. The lowest BCUT2D eigenvalue weighted by Crippen LogP contribution is -2.43. The van der Waals surface area contributed by atoms with E-state index in [1.165, 1.54) is 30.3 Å². The Bertz CT molecular complexity index is 836. The molecule has 156 valence electrons. The van der Waals surface area contributed by atoms with Crippen molar-refractivity contribution in [3.05, 3.63) is 30.3 Å². The first-order chi connectivity index (χ1) is 14.1. The van der Waals surface area contributed by atoms with Crippen LogP contribution in [0, 0.1) is 5.92 Å². The van der Waals surface area contributed by atoms with Crippen LogP contribution in [0.5, 0.6) is 0 Å². The summed E-state index contributed by atoms with van der Waals surface area (Å²) in [5.41, 5.74) is 2.21. The van der Waals surface area contributed by atoms with Crippen LogP contribution in [0.1, 0.15) is 57.8 Å². The average Bonchev–Trinajstić information content (AvgIpc) is 2.75. The lowest BCUT2D eigenvalue weighted by Gasteiger charge is -2.32. The second-order valence-electron chi connectivity index (χ2n) is 8.97. The highest BCUT2D eigenvalue weighted by Gasteiger charge is 2.26. The number of anilines is 2. The molecular formula is C24H34N4O. The Morgan fingerprint density at radius 3 is 2.38 bits per heavy atom. The highest BCUT2D eigenvalue weighted by molar-refractivity contribution is 5.93. The number of hydrogen-bond acceptors (Lipinski definition) is 4. The molecule has 1 aromatic carbocycles. The van der Waals surface area contributed by atoms with Gasteiger partial charge in [0, 0.05) is 49.2 Å². The lowest BCUT2D eigenvalue weighted by molar-refractivity contribution is -0.126. The van der Waals surface area contributed by atoms with Gasteiger partial charge in [0.15, 0.2) is 0 Å². The largest absolute Gasteiger partial charge is 0.377 e. The number of fused-ring (bicyclic) bond motifs is 1. The predicted octanol–water partition coefficient (Wildman–Crippen LogP) is 4.72. The molecule has 0 aliphatic heterocycles. The third-order valence-corrected chi connectivity index (χ3v) is 6.58. The summed E-state index contributed by atoms with van der Waals surface area (Å²) in [7, 11) is 4.15. The van der Waals surface area contributed by atoms with Crippen LogP contribution in [0.3, 0.4) is 0 Å². The number of pyridine rings is 1. The summed E-state index contributed by atoms with van der Waals surface area (Å²) >= 11 is 0. The number of benzene rings is 1. The van der Waals surface area contributed by atoms with Gasteiger partial charge in [-0.2, -0.15) is 0 Å². The molecule has 0 unspecified atom stereocenters. The zero-order valence-electron chi connectivity index (χ0n) is 17.8. The van der Waals surface area contributed by atoms with Gasteiger partial charge >= 0.3 is 0 Å². The van der Waals surface area contributed by atoms with E-state index >= 15 is 0 Å². The highest BCUT2D eigenvalue weighted by atomic mass is 16.1. The van der Waals surface area contributed by atoms with Crippen molar-refractivity contribution in [2.45, 2.75) is 69.9 Å². The zero-order chi connectivity index (χ0) is 20.2. The fourth-order valence-corrected chi connectivity index (χ4v) is 4.88. The van der Waals surface area contributed by atoms with Crippen LogP contribution >= 0.6 is 0 Å². The van der Waals surface area contributed by atoms with Crippen LogP contribution < -0.4 is 15.5 Å². The van der Waals surface area contributed by atoms with E-state index in [1.807, 2.05) is 6.07 Å². The minimum atomic E-state index is 0.255. The van der Waals surface area contributed by atoms with Crippen LogP contribution in [0.2, 0.25) is 0 Å². The van der Waals surface area contributed by atoms with Crippen molar-refractivity contribution >= 4 is 28.3 Å². The van der Waals surface area contributed by atoms with Gasteiger partial charge in [-0.1, -0.05) is 37.5 Å². The molecule has 2 fully saturated rings. The van der Waals surface area contributed by atoms with Crippen LogP contribution in [-0.4, -0.2) is 37.1 Å². The molecule has 2 saturated carbocycles. The van der Waals surface area contributed by atoms with Gasteiger partial charge in [0.2, 0.25) is 5.91 Å². The summed E-state index contributed by atoms with van der Waals surface area (Å²) in [6.45, 7) is 0. The number of carbonyl (C=O) groups is 1. The fraction of sp³-hybridized carbons (Fsp3) is 0.583. The quantitative estimate of drug-likeness (QED) is 0.770. The van der Waals surface area contributed by atoms with Gasteiger partial charge in [-0.15, -0.1) is 0 Å². The minimum absolute atomic E-state index is 0.255. The number of para-hydroxylation sites is 1. The van der Waals surface area contributed by atoms with Gasteiger partial charge in [-0.3, -0.25) is 4.79 Å². The lowest BCUT2D eigenvalue weighted by atomic mass is 9.87. The van der Waals surface area contributed by atoms with E-state index in [9.17, 15) is 4.79 Å². The van der Waals surface area contributed by atoms with E-state index < -0.39 is 0 Å². The van der Waals surface area contributed by atoms with Crippen molar-refractivity contribution in [2.24, 2.45) is 5.92 Å². The van der Waals surface area contributed by atoms with Gasteiger partial charge < -0.3 is 15.5 Å². The van der Waals surface area contributed by atoms with Crippen molar-refractivity contribution in [3.63, 3.8) is 0 Å². The molecule has 5 nitrogen and oxygen atoms in total. The second-order valence-corrected chi connectivity index (χ2v) is 8.97. The summed E-state index contributed by atoms with van der Waals surface area (Å²) in [6.07, 6.45) is 10.1. The Morgan fingerprint density at radius 1 is 0.966 bits per heavy atom. The summed E-state index contributed by atoms with van der Waals surface area (Å²) < 4.78 is 0. The zero-order valence-corrected chi connectivity index (χ0v) is 17.8. The van der Waals surface area contributed by atoms with Crippen LogP contribution in [0.15, 0.2) is 30.3 Å². The smallest absolute Gasteiger partial charge is 0.223 e. The number of nitrogens with zero attached hydrogens (tertiary/aromatic N) is 2. The van der Waals surface area contributed by atoms with E-state index in [1.54, 1.807) is 0 Å². The molecule has 2 aliphatic rings. The van der Waals surface area contributed by atoms with Crippen molar-refractivity contribution in [2.75, 3.05) is 24.3 Å².